The summed E-state index contributed by atoms with van der Waals surface area (Å²) in [4.78, 5) is 9.22. The zero-order valence-corrected chi connectivity index (χ0v) is 12.9. The van der Waals surface area contributed by atoms with E-state index < -0.39 is 0 Å². The predicted octanol–water partition coefficient (Wildman–Crippen LogP) is 1.64. The Kier molecular flexibility index (Phi) is 5.66. The smallest absolute Gasteiger partial charge is 0.223 e. The molecule has 108 valence electrons. The molecule has 1 saturated heterocycles. The number of rotatable bonds is 6. The first-order valence-corrected chi connectivity index (χ1v) is 8.23. The Labute approximate surface area is 119 Å². The fraction of sp³-hybridized carbons (Fsp3) is 0.846. The third-order valence-corrected chi connectivity index (χ3v) is 4.69. The molecule has 1 aromatic rings. The number of aryl methyl sites for hydroxylation is 1. The van der Waals surface area contributed by atoms with E-state index in [1.807, 2.05) is 18.7 Å². The van der Waals surface area contributed by atoms with Crippen molar-refractivity contribution in [3.63, 3.8) is 0 Å². The number of nitrogens with zero attached hydrogens (tertiary/aromatic N) is 4. The number of hydrogen-bond donors (Lipinski definition) is 0. The highest BCUT2D eigenvalue weighted by atomic mass is 32.2. The summed E-state index contributed by atoms with van der Waals surface area (Å²) >= 11 is 1.95. The van der Waals surface area contributed by atoms with Gasteiger partial charge in [0.05, 0.1) is 6.54 Å². The predicted molar refractivity (Wildman–Crippen MR) is 78.3 cm³/mol. The normalized spacial score (nSPS) is 19.7. The molecule has 0 aliphatic carbocycles. The second-order valence-corrected chi connectivity index (χ2v) is 6.46. The van der Waals surface area contributed by atoms with Crippen LogP contribution in [0.2, 0.25) is 0 Å². The summed E-state index contributed by atoms with van der Waals surface area (Å²) in [6.07, 6.45) is 3.47. The van der Waals surface area contributed by atoms with Gasteiger partial charge in [0.2, 0.25) is 5.89 Å². The summed E-state index contributed by atoms with van der Waals surface area (Å²) in [5.74, 6) is 1.46. The molecule has 19 heavy (non-hydrogen) atoms. The fourth-order valence-electron chi connectivity index (χ4n) is 2.26. The summed E-state index contributed by atoms with van der Waals surface area (Å²) in [7, 11) is 0. The van der Waals surface area contributed by atoms with Gasteiger partial charge in [-0.3, -0.25) is 4.90 Å². The van der Waals surface area contributed by atoms with Gasteiger partial charge in [-0.15, -0.1) is 0 Å². The fourth-order valence-corrected chi connectivity index (χ4v) is 2.60. The lowest BCUT2D eigenvalue weighted by molar-refractivity contribution is 0.123. The molecule has 1 aliphatic heterocycles. The first-order valence-electron chi connectivity index (χ1n) is 6.94. The highest BCUT2D eigenvalue weighted by Gasteiger charge is 2.18. The number of thioether (sulfide) groups is 1. The number of piperazine rings is 1. The molecule has 2 rings (SSSR count). The van der Waals surface area contributed by atoms with Gasteiger partial charge in [-0.1, -0.05) is 12.1 Å². The molecular formula is C13H24N4OS. The van der Waals surface area contributed by atoms with E-state index in [1.165, 1.54) is 13.0 Å². The molecule has 6 heteroatoms. The van der Waals surface area contributed by atoms with Crippen molar-refractivity contribution in [3.8, 4) is 0 Å². The molecule has 5 nitrogen and oxygen atoms in total. The minimum Gasteiger partial charge on any atom is -0.340 e. The third-order valence-electron chi connectivity index (χ3n) is 3.65. The topological polar surface area (TPSA) is 45.4 Å². The lowest BCUT2D eigenvalue weighted by Crippen LogP contribution is -2.46. The van der Waals surface area contributed by atoms with Crippen LogP contribution in [0.5, 0.6) is 0 Å². The monoisotopic (exact) mass is 284 g/mol. The summed E-state index contributed by atoms with van der Waals surface area (Å²) in [6, 6.07) is 0. The van der Waals surface area contributed by atoms with Gasteiger partial charge in [0, 0.05) is 38.4 Å². The zero-order valence-electron chi connectivity index (χ0n) is 12.1. The van der Waals surface area contributed by atoms with Crippen molar-refractivity contribution in [2.75, 3.05) is 39.0 Å². The van der Waals surface area contributed by atoms with E-state index in [4.69, 9.17) is 4.52 Å². The molecular weight excluding hydrogens is 260 g/mol. The van der Waals surface area contributed by atoms with Crippen molar-refractivity contribution < 1.29 is 4.52 Å². The average molecular weight is 284 g/mol. The lowest BCUT2D eigenvalue weighted by atomic mass is 10.2. The average Bonchev–Trinajstić information content (AvgIpc) is 2.83. The first-order chi connectivity index (χ1) is 9.17. The van der Waals surface area contributed by atoms with Crippen LogP contribution >= 0.6 is 11.8 Å². The minimum atomic E-state index is 0.652. The maximum absolute atomic E-state index is 5.00. The van der Waals surface area contributed by atoms with Crippen molar-refractivity contribution in [2.45, 2.75) is 32.1 Å². The molecule has 0 amide bonds. The van der Waals surface area contributed by atoms with Crippen LogP contribution in [-0.2, 0) is 6.54 Å². The van der Waals surface area contributed by atoms with Crippen molar-refractivity contribution in [1.29, 1.82) is 0 Å². The van der Waals surface area contributed by atoms with Crippen molar-refractivity contribution >= 4 is 11.8 Å². The molecule has 0 saturated carbocycles. The molecule has 1 fully saturated rings. The van der Waals surface area contributed by atoms with Gasteiger partial charge in [0.25, 0.3) is 0 Å². The second-order valence-electron chi connectivity index (χ2n) is 5.18. The number of hydrogen-bond acceptors (Lipinski definition) is 6. The van der Waals surface area contributed by atoms with E-state index in [0.29, 0.717) is 5.89 Å². The quantitative estimate of drug-likeness (QED) is 0.791. The minimum absolute atomic E-state index is 0.652. The molecule has 2 heterocycles. The molecule has 1 aromatic heterocycles. The highest BCUT2D eigenvalue weighted by Crippen LogP contribution is 2.12. The van der Waals surface area contributed by atoms with Gasteiger partial charge in [-0.25, -0.2) is 0 Å². The van der Waals surface area contributed by atoms with E-state index in [1.54, 1.807) is 0 Å². The van der Waals surface area contributed by atoms with E-state index in [9.17, 15) is 0 Å². The second kappa shape index (κ2) is 7.26. The Bertz CT molecular complexity index is 376. The van der Waals surface area contributed by atoms with Crippen LogP contribution in [0.15, 0.2) is 4.52 Å². The lowest BCUT2D eigenvalue weighted by Gasteiger charge is -2.34. The summed E-state index contributed by atoms with van der Waals surface area (Å²) in [5.41, 5.74) is 0. The van der Waals surface area contributed by atoms with Gasteiger partial charge < -0.3 is 9.42 Å². The van der Waals surface area contributed by atoms with Crippen LogP contribution in [0.3, 0.4) is 0 Å². The molecule has 0 unspecified atom stereocenters. The maximum atomic E-state index is 5.00. The van der Waals surface area contributed by atoms with Gasteiger partial charge >= 0.3 is 0 Å². The Morgan fingerprint density at radius 2 is 1.95 bits per heavy atom. The third kappa shape index (κ3) is 4.78. The van der Waals surface area contributed by atoms with Crippen LogP contribution in [-0.4, -0.2) is 64.2 Å². The molecule has 0 aromatic carbocycles. The maximum Gasteiger partial charge on any atom is 0.223 e. The van der Waals surface area contributed by atoms with Crippen molar-refractivity contribution in [1.82, 2.24) is 19.9 Å². The van der Waals surface area contributed by atoms with Crippen molar-refractivity contribution in [3.05, 3.63) is 11.7 Å². The largest absolute Gasteiger partial charge is 0.340 e. The van der Waals surface area contributed by atoms with Crippen LogP contribution in [0.1, 0.15) is 25.1 Å². The Morgan fingerprint density at radius 3 is 2.53 bits per heavy atom. The van der Waals surface area contributed by atoms with E-state index in [2.05, 4.69) is 33.1 Å². The van der Waals surface area contributed by atoms with E-state index in [0.717, 1.165) is 43.8 Å². The Morgan fingerprint density at radius 1 is 1.26 bits per heavy atom. The first kappa shape index (κ1) is 14.8. The summed E-state index contributed by atoms with van der Waals surface area (Å²) in [6.45, 7) is 10.7. The highest BCUT2D eigenvalue weighted by molar-refractivity contribution is 7.99. The van der Waals surface area contributed by atoms with E-state index in [-0.39, 0.29) is 0 Å². The molecule has 0 spiro atoms. The SMILES string of the molecule is CS[C@H](C)CCN1CCN(Cc2noc(C)n2)CC1. The standard InChI is InChI=1S/C13H24N4OS/c1-11(19-3)4-5-16-6-8-17(9-7-16)10-13-14-12(2)18-15-13/h11H,4-10H2,1-3H3/t11-/m1/s1. The van der Waals surface area contributed by atoms with Gasteiger partial charge in [-0.2, -0.15) is 16.7 Å². The summed E-state index contributed by atoms with van der Waals surface area (Å²) < 4.78 is 5.00. The van der Waals surface area contributed by atoms with Crippen LogP contribution in [0.25, 0.3) is 0 Å². The van der Waals surface area contributed by atoms with Crippen LogP contribution < -0.4 is 0 Å². The molecule has 1 aliphatic rings. The molecule has 0 bridgehead atoms. The van der Waals surface area contributed by atoms with Crippen LogP contribution in [0, 0.1) is 6.92 Å². The molecule has 0 radical (unpaired) electrons. The summed E-state index contributed by atoms with van der Waals surface area (Å²) in [5, 5.41) is 4.72. The Balaban J connectivity index is 1.67. The van der Waals surface area contributed by atoms with Crippen molar-refractivity contribution in [2.24, 2.45) is 0 Å². The Hall–Kier alpha value is -0.590. The zero-order chi connectivity index (χ0) is 13.7. The van der Waals surface area contributed by atoms with Gasteiger partial charge in [-0.05, 0) is 19.2 Å². The van der Waals surface area contributed by atoms with Crippen LogP contribution in [0.4, 0.5) is 0 Å². The van der Waals surface area contributed by atoms with Gasteiger partial charge in [0.1, 0.15) is 0 Å². The van der Waals surface area contributed by atoms with Gasteiger partial charge in [0.15, 0.2) is 5.82 Å². The van der Waals surface area contributed by atoms with E-state index >= 15 is 0 Å². The molecule has 0 N–H and O–H groups in total. The number of aromatic nitrogens is 2. The molecule has 1 atom stereocenters.